The van der Waals surface area contributed by atoms with E-state index >= 15 is 0 Å². The SMILES string of the molecule is O=C(N[C@@]1(C(F)(F)F)NC(=O)N(c2ccc(Cl)cc2)C1=O)c1cccnc1. The second-order valence-corrected chi connectivity index (χ2v) is 5.93. The van der Waals surface area contributed by atoms with Crippen LogP contribution in [0.5, 0.6) is 0 Å². The van der Waals surface area contributed by atoms with Gasteiger partial charge in [0.2, 0.25) is 0 Å². The molecule has 0 bridgehead atoms. The topological polar surface area (TPSA) is 91.4 Å². The molecule has 2 aromatic rings. The number of carbonyl (C=O) groups is 3. The predicted molar refractivity (Wildman–Crippen MR) is 88.0 cm³/mol. The van der Waals surface area contributed by atoms with E-state index in [1.807, 2.05) is 0 Å². The van der Waals surface area contributed by atoms with Crippen LogP contribution in [-0.2, 0) is 4.79 Å². The average molecular weight is 399 g/mol. The monoisotopic (exact) mass is 398 g/mol. The molecule has 3 rings (SSSR count). The first kappa shape index (κ1) is 18.6. The van der Waals surface area contributed by atoms with Crippen LogP contribution < -0.4 is 15.5 Å². The minimum absolute atomic E-state index is 0.136. The highest BCUT2D eigenvalue weighted by molar-refractivity contribution is 6.31. The van der Waals surface area contributed by atoms with E-state index in [1.165, 1.54) is 42.6 Å². The lowest BCUT2D eigenvalue weighted by Crippen LogP contribution is -2.69. The molecule has 0 saturated carbocycles. The number of nitrogens with zero attached hydrogens (tertiary/aromatic N) is 2. The highest BCUT2D eigenvalue weighted by Gasteiger charge is 2.69. The van der Waals surface area contributed by atoms with Gasteiger partial charge in [0, 0.05) is 17.4 Å². The quantitative estimate of drug-likeness (QED) is 0.777. The van der Waals surface area contributed by atoms with Gasteiger partial charge in [0.25, 0.3) is 17.5 Å². The number of rotatable bonds is 3. The first-order valence-electron chi connectivity index (χ1n) is 7.37. The first-order valence-corrected chi connectivity index (χ1v) is 7.75. The van der Waals surface area contributed by atoms with Gasteiger partial charge in [-0.15, -0.1) is 0 Å². The van der Waals surface area contributed by atoms with Crippen molar-refractivity contribution in [3.63, 3.8) is 0 Å². The minimum Gasteiger partial charge on any atom is -0.314 e. The molecule has 1 atom stereocenters. The smallest absolute Gasteiger partial charge is 0.314 e. The minimum atomic E-state index is -5.31. The van der Waals surface area contributed by atoms with Crippen LogP contribution in [0, 0.1) is 0 Å². The van der Waals surface area contributed by atoms with Crippen molar-refractivity contribution in [1.29, 1.82) is 0 Å². The van der Waals surface area contributed by atoms with Crippen LogP contribution in [0.1, 0.15) is 10.4 Å². The number of imide groups is 1. The molecule has 0 aliphatic carbocycles. The highest BCUT2D eigenvalue weighted by atomic mass is 35.5. The van der Waals surface area contributed by atoms with E-state index in [0.29, 0.717) is 0 Å². The molecule has 11 heteroatoms. The average Bonchev–Trinajstić information content (AvgIpc) is 2.87. The summed E-state index contributed by atoms with van der Waals surface area (Å²) in [6.45, 7) is 0. The molecule has 1 fully saturated rings. The van der Waals surface area contributed by atoms with Gasteiger partial charge in [0.15, 0.2) is 0 Å². The van der Waals surface area contributed by atoms with E-state index in [2.05, 4.69) is 4.98 Å². The number of nitrogens with one attached hydrogen (secondary N) is 2. The molecule has 0 spiro atoms. The highest BCUT2D eigenvalue weighted by Crippen LogP contribution is 2.36. The molecule has 2 N–H and O–H groups in total. The van der Waals surface area contributed by atoms with Crippen LogP contribution in [0.2, 0.25) is 5.02 Å². The Bertz CT molecular complexity index is 905. The maximum absolute atomic E-state index is 13.8. The van der Waals surface area contributed by atoms with E-state index in [9.17, 15) is 27.6 Å². The van der Waals surface area contributed by atoms with Crippen LogP contribution >= 0.6 is 11.6 Å². The molecule has 1 saturated heterocycles. The third-order valence-corrected chi connectivity index (χ3v) is 4.01. The van der Waals surface area contributed by atoms with Crippen molar-refractivity contribution in [3.05, 3.63) is 59.4 Å². The van der Waals surface area contributed by atoms with Crippen molar-refractivity contribution in [2.45, 2.75) is 11.8 Å². The van der Waals surface area contributed by atoms with Crippen molar-refractivity contribution < 1.29 is 27.6 Å². The van der Waals surface area contributed by atoms with Gasteiger partial charge in [-0.25, -0.2) is 9.69 Å². The number of alkyl halides is 3. The van der Waals surface area contributed by atoms with Crippen LogP contribution in [0.15, 0.2) is 48.8 Å². The van der Waals surface area contributed by atoms with Gasteiger partial charge in [0.1, 0.15) is 0 Å². The Morgan fingerprint density at radius 1 is 1.19 bits per heavy atom. The number of anilines is 1. The Labute approximate surface area is 155 Å². The summed E-state index contributed by atoms with van der Waals surface area (Å²) >= 11 is 5.71. The normalized spacial score (nSPS) is 19.8. The van der Waals surface area contributed by atoms with Gasteiger partial charge in [-0.05, 0) is 36.4 Å². The number of benzene rings is 1. The summed E-state index contributed by atoms with van der Waals surface area (Å²) in [5.74, 6) is -2.92. The zero-order chi connectivity index (χ0) is 19.8. The standard InChI is InChI=1S/C16H10ClF3N4O3/c17-10-3-5-11(6-4-10)24-13(26)15(16(18,19)20,23-14(24)27)22-12(25)9-2-1-7-21-8-9/h1-8H,(H,22,25)(H,23,27)/t15-/m1/s1. The Hall–Kier alpha value is -3.14. The van der Waals surface area contributed by atoms with Crippen molar-refractivity contribution in [1.82, 2.24) is 15.6 Å². The largest absolute Gasteiger partial charge is 0.440 e. The fraction of sp³-hybridized carbons (Fsp3) is 0.125. The van der Waals surface area contributed by atoms with Crippen molar-refractivity contribution in [2.75, 3.05) is 4.90 Å². The van der Waals surface area contributed by atoms with Gasteiger partial charge in [-0.2, -0.15) is 13.2 Å². The van der Waals surface area contributed by atoms with Crippen LogP contribution in [0.25, 0.3) is 0 Å². The maximum atomic E-state index is 13.8. The third kappa shape index (κ3) is 3.19. The van der Waals surface area contributed by atoms with Crippen LogP contribution in [0.4, 0.5) is 23.7 Å². The fourth-order valence-corrected chi connectivity index (χ4v) is 2.57. The number of carbonyl (C=O) groups excluding carboxylic acids is 3. The Balaban J connectivity index is 2.00. The molecule has 1 aliphatic heterocycles. The third-order valence-electron chi connectivity index (χ3n) is 3.76. The Morgan fingerprint density at radius 3 is 2.41 bits per heavy atom. The number of amides is 4. The predicted octanol–water partition coefficient (Wildman–Crippen LogP) is 2.48. The van der Waals surface area contributed by atoms with E-state index in [1.54, 1.807) is 10.6 Å². The molecular formula is C16H10ClF3N4O3. The number of halogens is 4. The fourth-order valence-electron chi connectivity index (χ4n) is 2.44. The molecule has 27 heavy (non-hydrogen) atoms. The molecular weight excluding hydrogens is 389 g/mol. The van der Waals surface area contributed by atoms with Gasteiger partial charge < -0.3 is 5.32 Å². The molecule has 7 nitrogen and oxygen atoms in total. The molecule has 0 unspecified atom stereocenters. The van der Waals surface area contributed by atoms with E-state index < -0.39 is 29.7 Å². The zero-order valence-electron chi connectivity index (χ0n) is 13.2. The van der Waals surface area contributed by atoms with Gasteiger partial charge in [0.05, 0.1) is 11.3 Å². The summed E-state index contributed by atoms with van der Waals surface area (Å²) in [4.78, 5) is 40.9. The van der Waals surface area contributed by atoms with Gasteiger partial charge in [-0.1, -0.05) is 11.6 Å². The van der Waals surface area contributed by atoms with Gasteiger partial charge >= 0.3 is 12.2 Å². The van der Waals surface area contributed by atoms with E-state index in [-0.39, 0.29) is 21.2 Å². The van der Waals surface area contributed by atoms with Crippen molar-refractivity contribution in [2.24, 2.45) is 0 Å². The number of aromatic nitrogens is 1. The van der Waals surface area contributed by atoms with E-state index in [4.69, 9.17) is 11.6 Å². The lowest BCUT2D eigenvalue weighted by Gasteiger charge is -2.29. The van der Waals surface area contributed by atoms with E-state index in [0.717, 1.165) is 6.20 Å². The summed E-state index contributed by atoms with van der Waals surface area (Å²) < 4.78 is 41.3. The Morgan fingerprint density at radius 2 is 1.85 bits per heavy atom. The number of pyridine rings is 1. The summed E-state index contributed by atoms with van der Waals surface area (Å²) in [5, 5.41) is 3.40. The molecule has 1 aliphatic rings. The first-order chi connectivity index (χ1) is 12.7. The maximum Gasteiger partial charge on any atom is 0.440 e. The van der Waals surface area contributed by atoms with Crippen LogP contribution in [0.3, 0.4) is 0 Å². The van der Waals surface area contributed by atoms with Crippen molar-refractivity contribution in [3.8, 4) is 0 Å². The zero-order valence-corrected chi connectivity index (χ0v) is 14.0. The molecule has 1 aromatic heterocycles. The summed E-state index contributed by atoms with van der Waals surface area (Å²) in [5.41, 5.74) is -3.96. The second-order valence-electron chi connectivity index (χ2n) is 5.49. The molecule has 2 heterocycles. The lowest BCUT2D eigenvalue weighted by molar-refractivity contribution is -0.197. The second kappa shape index (κ2) is 6.54. The van der Waals surface area contributed by atoms with Gasteiger partial charge in [-0.3, -0.25) is 19.9 Å². The van der Waals surface area contributed by atoms with Crippen LogP contribution in [-0.4, -0.2) is 34.7 Å². The summed E-state index contributed by atoms with van der Waals surface area (Å²) in [6.07, 6.45) is -2.96. The number of urea groups is 1. The molecule has 4 amide bonds. The summed E-state index contributed by atoms with van der Waals surface area (Å²) in [6, 6.07) is 6.23. The van der Waals surface area contributed by atoms with Crippen molar-refractivity contribution >= 4 is 35.1 Å². The molecule has 140 valence electrons. The molecule has 0 radical (unpaired) electrons. The lowest BCUT2D eigenvalue weighted by atomic mass is 10.1. The summed E-state index contributed by atoms with van der Waals surface area (Å²) in [7, 11) is 0. The molecule has 1 aromatic carbocycles. The number of hydrogen-bond donors (Lipinski definition) is 2. The Kier molecular flexibility index (Phi) is 4.52. The number of hydrogen-bond acceptors (Lipinski definition) is 4.